The molecular formula is C32H27ClN2O5. The van der Waals surface area contributed by atoms with E-state index in [0.29, 0.717) is 50.2 Å². The normalized spacial score (nSPS) is 16.4. The monoisotopic (exact) mass is 554 g/mol. The van der Waals surface area contributed by atoms with Crippen LogP contribution in [-0.2, 0) is 10.3 Å². The van der Waals surface area contributed by atoms with Gasteiger partial charge in [-0.05, 0) is 74.9 Å². The fourth-order valence-corrected chi connectivity index (χ4v) is 5.79. The summed E-state index contributed by atoms with van der Waals surface area (Å²) in [5.74, 6) is -0.357. The zero-order valence-electron chi connectivity index (χ0n) is 22.2. The van der Waals surface area contributed by atoms with Crippen molar-refractivity contribution < 1.29 is 24.2 Å². The summed E-state index contributed by atoms with van der Waals surface area (Å²) in [6.07, 6.45) is 0. The number of carbonyl (C=O) groups is 2. The lowest BCUT2D eigenvalue weighted by molar-refractivity contribution is 0.0224. The zero-order chi connectivity index (χ0) is 28.2. The molecule has 0 aliphatic carbocycles. The molecule has 7 nitrogen and oxygen atoms in total. The van der Waals surface area contributed by atoms with Crippen LogP contribution < -0.4 is 15.0 Å². The average molecular weight is 555 g/mol. The van der Waals surface area contributed by atoms with Crippen LogP contribution in [0.5, 0.6) is 11.5 Å². The van der Waals surface area contributed by atoms with Crippen LogP contribution in [0.2, 0.25) is 5.02 Å². The summed E-state index contributed by atoms with van der Waals surface area (Å²) in [5, 5.41) is 13.3. The summed E-state index contributed by atoms with van der Waals surface area (Å²) in [6, 6.07) is 21.6. The Balaban J connectivity index is 1.53. The fraction of sp³-hybridized carbons (Fsp3) is 0.188. The predicted molar refractivity (Wildman–Crippen MR) is 155 cm³/mol. The smallest absolute Gasteiger partial charge is 0.340 e. The SMILES string of the molecule is CCN(CC)c1ccc2c(c1)Oc1cc(C)c(Cl)cc1C21OC(=O)c2cc(Nc3ccccc3C(=O)O)ccc21. The van der Waals surface area contributed by atoms with Gasteiger partial charge in [-0.25, -0.2) is 9.59 Å². The second-order valence-electron chi connectivity index (χ2n) is 9.86. The molecule has 0 saturated carbocycles. The van der Waals surface area contributed by atoms with Gasteiger partial charge < -0.3 is 24.8 Å². The van der Waals surface area contributed by atoms with Crippen molar-refractivity contribution in [2.75, 3.05) is 23.3 Å². The number of rotatable bonds is 6. The minimum absolute atomic E-state index is 0.128. The van der Waals surface area contributed by atoms with Gasteiger partial charge in [0, 0.05) is 52.2 Å². The largest absolute Gasteiger partial charge is 0.478 e. The second-order valence-corrected chi connectivity index (χ2v) is 10.3. The van der Waals surface area contributed by atoms with E-state index in [9.17, 15) is 14.7 Å². The summed E-state index contributed by atoms with van der Waals surface area (Å²) in [4.78, 5) is 27.5. The van der Waals surface area contributed by atoms with E-state index < -0.39 is 17.5 Å². The predicted octanol–water partition coefficient (Wildman–Crippen LogP) is 7.50. The first-order valence-electron chi connectivity index (χ1n) is 13.1. The van der Waals surface area contributed by atoms with Crippen molar-refractivity contribution >= 4 is 40.6 Å². The Kier molecular flexibility index (Phi) is 6.19. The molecule has 0 bridgehead atoms. The van der Waals surface area contributed by atoms with Crippen molar-refractivity contribution in [2.45, 2.75) is 26.4 Å². The molecule has 2 N–H and O–H groups in total. The number of anilines is 3. The van der Waals surface area contributed by atoms with Crippen LogP contribution in [0.1, 0.15) is 56.8 Å². The molecule has 202 valence electrons. The molecule has 2 aliphatic heterocycles. The number of hydrogen-bond donors (Lipinski definition) is 2. The topological polar surface area (TPSA) is 88.1 Å². The summed E-state index contributed by atoms with van der Waals surface area (Å²) in [5.41, 5.74) is 4.10. The first-order valence-corrected chi connectivity index (χ1v) is 13.5. The molecule has 0 fully saturated rings. The number of hydrogen-bond acceptors (Lipinski definition) is 6. The van der Waals surface area contributed by atoms with Crippen molar-refractivity contribution in [1.82, 2.24) is 0 Å². The molecule has 1 spiro atoms. The molecule has 4 aromatic carbocycles. The van der Waals surface area contributed by atoms with E-state index in [1.807, 2.05) is 49.4 Å². The Bertz CT molecular complexity index is 1700. The third-order valence-electron chi connectivity index (χ3n) is 7.63. The lowest BCUT2D eigenvalue weighted by Gasteiger charge is -2.37. The first-order chi connectivity index (χ1) is 19.3. The molecular weight excluding hydrogens is 528 g/mol. The average Bonchev–Trinajstić information content (AvgIpc) is 3.23. The molecule has 8 heteroatoms. The van der Waals surface area contributed by atoms with E-state index in [1.165, 1.54) is 6.07 Å². The Hall–Kier alpha value is -4.49. The van der Waals surface area contributed by atoms with Crippen molar-refractivity contribution in [3.05, 3.63) is 111 Å². The molecule has 2 aliphatic rings. The number of nitrogens with zero attached hydrogens (tertiary/aromatic N) is 1. The quantitative estimate of drug-likeness (QED) is 0.238. The van der Waals surface area contributed by atoms with Crippen molar-refractivity contribution in [1.29, 1.82) is 0 Å². The summed E-state index contributed by atoms with van der Waals surface area (Å²) >= 11 is 6.60. The van der Waals surface area contributed by atoms with Gasteiger partial charge in [-0.1, -0.05) is 29.8 Å². The van der Waals surface area contributed by atoms with E-state index in [-0.39, 0.29) is 5.56 Å². The van der Waals surface area contributed by atoms with Crippen LogP contribution in [0.3, 0.4) is 0 Å². The Labute approximate surface area is 236 Å². The van der Waals surface area contributed by atoms with Crippen molar-refractivity contribution in [3.63, 3.8) is 0 Å². The minimum Gasteiger partial charge on any atom is -0.478 e. The number of halogens is 1. The first kappa shape index (κ1) is 25.8. The summed E-state index contributed by atoms with van der Waals surface area (Å²) < 4.78 is 12.7. The van der Waals surface area contributed by atoms with E-state index in [0.717, 1.165) is 24.3 Å². The highest BCUT2D eigenvalue weighted by Crippen LogP contribution is 2.57. The summed E-state index contributed by atoms with van der Waals surface area (Å²) in [7, 11) is 0. The molecule has 1 unspecified atom stereocenters. The lowest BCUT2D eigenvalue weighted by atomic mass is 9.77. The van der Waals surface area contributed by atoms with Gasteiger partial charge in [0.25, 0.3) is 0 Å². The molecule has 0 radical (unpaired) electrons. The van der Waals surface area contributed by atoms with Gasteiger partial charge in [0.1, 0.15) is 11.5 Å². The van der Waals surface area contributed by atoms with Crippen LogP contribution >= 0.6 is 11.6 Å². The highest BCUT2D eigenvalue weighted by atomic mass is 35.5. The van der Waals surface area contributed by atoms with E-state index >= 15 is 0 Å². The number of benzene rings is 4. The lowest BCUT2D eigenvalue weighted by Crippen LogP contribution is -2.33. The minimum atomic E-state index is -1.26. The van der Waals surface area contributed by atoms with Gasteiger partial charge in [0.15, 0.2) is 5.60 Å². The van der Waals surface area contributed by atoms with E-state index in [2.05, 4.69) is 24.1 Å². The number of nitrogens with one attached hydrogen (secondary N) is 1. The summed E-state index contributed by atoms with van der Waals surface area (Å²) in [6.45, 7) is 7.78. The molecule has 0 amide bonds. The molecule has 4 aromatic rings. The van der Waals surface area contributed by atoms with Gasteiger partial charge in [-0.2, -0.15) is 0 Å². The van der Waals surface area contributed by atoms with Gasteiger partial charge in [-0.3, -0.25) is 0 Å². The van der Waals surface area contributed by atoms with Crippen LogP contribution in [0.25, 0.3) is 0 Å². The van der Waals surface area contributed by atoms with E-state index in [1.54, 1.807) is 24.3 Å². The molecule has 40 heavy (non-hydrogen) atoms. The van der Waals surface area contributed by atoms with Crippen LogP contribution in [0, 0.1) is 6.92 Å². The van der Waals surface area contributed by atoms with Crippen LogP contribution in [0.15, 0.2) is 72.8 Å². The highest BCUT2D eigenvalue weighted by molar-refractivity contribution is 6.31. The fourth-order valence-electron chi connectivity index (χ4n) is 5.63. The standard InChI is InChI=1S/C32H27ClN2O5/c1-4-35(5-2)20-11-13-24-29(16-20)39-28-14-18(3)26(33)17-25(28)32(24)23-12-10-19(15-22(23)31(38)40-32)34-27-9-7-6-8-21(27)30(36)37/h6-17,34H,4-5H2,1-3H3,(H,36,37). The number of esters is 1. The zero-order valence-corrected chi connectivity index (χ0v) is 23.0. The maximum atomic E-state index is 13.5. The van der Waals surface area contributed by atoms with Gasteiger partial charge >= 0.3 is 11.9 Å². The number of carboxylic acids is 1. The van der Waals surface area contributed by atoms with Crippen LogP contribution in [0.4, 0.5) is 17.1 Å². The van der Waals surface area contributed by atoms with Crippen LogP contribution in [-0.4, -0.2) is 30.1 Å². The number of fused-ring (bicyclic) bond motifs is 6. The third-order valence-corrected chi connectivity index (χ3v) is 8.04. The van der Waals surface area contributed by atoms with Gasteiger partial charge in [0.05, 0.1) is 16.8 Å². The highest BCUT2D eigenvalue weighted by Gasteiger charge is 2.54. The molecule has 2 heterocycles. The molecule has 0 aromatic heterocycles. The maximum absolute atomic E-state index is 13.5. The number of carboxylic acid groups (broad SMARTS) is 1. The van der Waals surface area contributed by atoms with E-state index in [4.69, 9.17) is 21.1 Å². The number of carbonyl (C=O) groups excluding carboxylic acids is 1. The third kappa shape index (κ3) is 3.88. The maximum Gasteiger partial charge on any atom is 0.340 e. The molecule has 0 saturated heterocycles. The second kappa shape index (κ2) is 9.61. The number of para-hydroxylation sites is 1. The number of ether oxygens (including phenoxy) is 2. The number of aryl methyl sites for hydroxylation is 1. The number of aromatic carboxylic acids is 1. The van der Waals surface area contributed by atoms with Gasteiger partial charge in [-0.15, -0.1) is 0 Å². The van der Waals surface area contributed by atoms with Crippen molar-refractivity contribution in [3.8, 4) is 11.5 Å². The van der Waals surface area contributed by atoms with Crippen molar-refractivity contribution in [2.24, 2.45) is 0 Å². The Morgan fingerprint density at radius 2 is 1.68 bits per heavy atom. The Morgan fingerprint density at radius 1 is 0.950 bits per heavy atom. The Morgan fingerprint density at radius 3 is 2.42 bits per heavy atom. The molecule has 6 rings (SSSR count). The van der Waals surface area contributed by atoms with Gasteiger partial charge in [0.2, 0.25) is 0 Å². The molecule has 1 atom stereocenters.